The Balaban J connectivity index is 1.82. The number of benzene rings is 2. The fourth-order valence-electron chi connectivity index (χ4n) is 5.11. The van der Waals surface area contributed by atoms with E-state index in [4.69, 9.17) is 0 Å². The molecule has 2 aromatic rings. The molecule has 2 aromatic carbocycles. The monoisotopic (exact) mass is 447 g/mol. The Kier molecular flexibility index (Phi) is 6.53. The summed E-state index contributed by atoms with van der Waals surface area (Å²) in [5, 5.41) is 19.2. The van der Waals surface area contributed by atoms with Crippen LogP contribution in [0.2, 0.25) is 0 Å². The Morgan fingerprint density at radius 3 is 2.32 bits per heavy atom. The van der Waals surface area contributed by atoms with Gasteiger partial charge in [-0.25, -0.2) is 0 Å². The summed E-state index contributed by atoms with van der Waals surface area (Å²) in [7, 11) is 0. The topological polar surface area (TPSA) is 67.9 Å². The van der Waals surface area contributed by atoms with Gasteiger partial charge < -0.3 is 4.90 Å². The lowest BCUT2D eigenvalue weighted by atomic mass is 9.83. The highest BCUT2D eigenvalue weighted by atomic mass is 16.1. The number of ketones is 1. The number of nitrogens with zero attached hydrogens (tertiary/aromatic N) is 3. The average Bonchev–Trinajstić information content (AvgIpc) is 3.24. The van der Waals surface area contributed by atoms with E-state index in [-0.39, 0.29) is 16.8 Å². The van der Waals surface area contributed by atoms with Crippen LogP contribution in [0.15, 0.2) is 77.5 Å². The van der Waals surface area contributed by atoms with Crippen molar-refractivity contribution < 1.29 is 4.79 Å². The standard InChI is InChI=1S/C30H29N3O/c1-4-5-6-11-18-33-26-15-10-9-14-25(26)30(2,3)27(33)17-16-24-28(21(19-31)20-32)22-12-7-8-13-23(22)29(24)34/h7-10,12-17H,4-6,11,18H2,1-3H3/b24-16-,27-17+. The predicted molar refractivity (Wildman–Crippen MR) is 136 cm³/mol. The normalized spacial score (nSPS) is 18.1. The van der Waals surface area contributed by atoms with Crippen LogP contribution in [0.4, 0.5) is 5.69 Å². The molecule has 0 fully saturated rings. The molecule has 0 unspecified atom stereocenters. The molecule has 170 valence electrons. The lowest BCUT2D eigenvalue weighted by Gasteiger charge is -2.27. The van der Waals surface area contributed by atoms with Gasteiger partial charge in [0.15, 0.2) is 5.78 Å². The molecule has 0 spiro atoms. The third kappa shape index (κ3) is 3.87. The fourth-order valence-corrected chi connectivity index (χ4v) is 5.11. The van der Waals surface area contributed by atoms with E-state index in [0.29, 0.717) is 22.3 Å². The highest BCUT2D eigenvalue weighted by Crippen LogP contribution is 2.48. The number of unbranched alkanes of at least 4 members (excludes halogenated alkanes) is 3. The summed E-state index contributed by atoms with van der Waals surface area (Å²) in [5.74, 6) is -0.145. The van der Waals surface area contributed by atoms with Gasteiger partial charge >= 0.3 is 0 Å². The molecule has 1 heterocycles. The second kappa shape index (κ2) is 9.54. The number of rotatable bonds is 6. The van der Waals surface area contributed by atoms with Crippen LogP contribution in [0.3, 0.4) is 0 Å². The van der Waals surface area contributed by atoms with Gasteiger partial charge in [-0.1, -0.05) is 82.5 Å². The molecule has 0 radical (unpaired) electrons. The van der Waals surface area contributed by atoms with Gasteiger partial charge in [-0.05, 0) is 35.8 Å². The van der Waals surface area contributed by atoms with E-state index in [0.717, 1.165) is 18.7 Å². The van der Waals surface area contributed by atoms with E-state index >= 15 is 0 Å². The molecule has 4 nitrogen and oxygen atoms in total. The van der Waals surface area contributed by atoms with Crippen LogP contribution >= 0.6 is 0 Å². The van der Waals surface area contributed by atoms with E-state index in [2.05, 4.69) is 49.9 Å². The van der Waals surface area contributed by atoms with Crippen LogP contribution in [0.1, 0.15) is 67.9 Å². The Bertz CT molecular complexity index is 1300. The van der Waals surface area contributed by atoms with Crippen LogP contribution in [0, 0.1) is 22.7 Å². The van der Waals surface area contributed by atoms with Crippen molar-refractivity contribution in [2.45, 2.75) is 51.9 Å². The number of hydrogen-bond donors (Lipinski definition) is 0. The van der Waals surface area contributed by atoms with Gasteiger partial charge in [0, 0.05) is 40.1 Å². The minimum Gasteiger partial charge on any atom is -0.344 e. The fraction of sp³-hybridized carbons (Fsp3) is 0.300. The van der Waals surface area contributed by atoms with Crippen LogP contribution in [-0.2, 0) is 5.41 Å². The second-order valence-corrected chi connectivity index (χ2v) is 9.34. The molecule has 4 heteroatoms. The molecule has 0 saturated heterocycles. The Morgan fingerprint density at radius 2 is 1.62 bits per heavy atom. The first-order valence-corrected chi connectivity index (χ1v) is 11.9. The first-order valence-electron chi connectivity index (χ1n) is 11.9. The van der Waals surface area contributed by atoms with E-state index in [1.807, 2.05) is 36.4 Å². The number of anilines is 1. The highest BCUT2D eigenvalue weighted by Gasteiger charge is 2.39. The number of carbonyl (C=O) groups is 1. The molecule has 0 bridgehead atoms. The van der Waals surface area contributed by atoms with Gasteiger partial charge in [0.25, 0.3) is 0 Å². The maximum atomic E-state index is 13.3. The van der Waals surface area contributed by atoms with Crippen molar-refractivity contribution >= 4 is 17.0 Å². The zero-order valence-corrected chi connectivity index (χ0v) is 20.1. The molecule has 0 atom stereocenters. The Hall–Kier alpha value is -3.89. The van der Waals surface area contributed by atoms with E-state index in [9.17, 15) is 15.3 Å². The molecule has 34 heavy (non-hydrogen) atoms. The SMILES string of the molecule is CCCCCCN1/C(=C/C=C2\C(=O)c3ccccc3C2=C(C#N)C#N)C(C)(C)c2ccccc21. The molecule has 0 N–H and O–H groups in total. The van der Waals surface area contributed by atoms with Crippen molar-refractivity contribution in [3.63, 3.8) is 0 Å². The number of hydrogen-bond acceptors (Lipinski definition) is 4. The first kappa shape index (κ1) is 23.3. The quantitative estimate of drug-likeness (QED) is 0.275. The largest absolute Gasteiger partial charge is 0.344 e. The smallest absolute Gasteiger partial charge is 0.194 e. The molecular weight excluding hydrogens is 418 g/mol. The summed E-state index contributed by atoms with van der Waals surface area (Å²) in [4.78, 5) is 15.7. The van der Waals surface area contributed by atoms with Crippen LogP contribution in [0.5, 0.6) is 0 Å². The lowest BCUT2D eigenvalue weighted by Crippen LogP contribution is -2.27. The van der Waals surface area contributed by atoms with Gasteiger partial charge in [0.2, 0.25) is 0 Å². The van der Waals surface area contributed by atoms with Crippen molar-refractivity contribution in [2.24, 2.45) is 0 Å². The molecule has 0 aromatic heterocycles. The molecule has 1 aliphatic heterocycles. The van der Waals surface area contributed by atoms with Crippen molar-refractivity contribution in [3.8, 4) is 12.1 Å². The molecule has 2 aliphatic rings. The summed E-state index contributed by atoms with van der Waals surface area (Å²) in [6.45, 7) is 7.54. The molecule has 1 aliphatic carbocycles. The molecule has 0 amide bonds. The molecule has 4 rings (SSSR count). The number of para-hydroxylation sites is 1. The van der Waals surface area contributed by atoms with Crippen molar-refractivity contribution in [1.29, 1.82) is 10.5 Å². The molecular formula is C30H29N3O. The van der Waals surface area contributed by atoms with Crippen molar-refractivity contribution in [3.05, 3.63) is 94.2 Å². The number of fused-ring (bicyclic) bond motifs is 2. The van der Waals surface area contributed by atoms with Crippen LogP contribution in [-0.4, -0.2) is 12.3 Å². The number of carbonyl (C=O) groups excluding carboxylic acids is 1. The summed E-state index contributed by atoms with van der Waals surface area (Å²) < 4.78 is 0. The summed E-state index contributed by atoms with van der Waals surface area (Å²) in [5.41, 5.74) is 5.36. The maximum Gasteiger partial charge on any atom is 0.194 e. The second-order valence-electron chi connectivity index (χ2n) is 9.34. The van der Waals surface area contributed by atoms with Gasteiger partial charge in [-0.2, -0.15) is 10.5 Å². The molecule has 0 saturated carbocycles. The minimum absolute atomic E-state index is 0.0339. The van der Waals surface area contributed by atoms with Crippen LogP contribution in [0.25, 0.3) is 5.57 Å². The van der Waals surface area contributed by atoms with E-state index in [1.165, 1.54) is 30.5 Å². The van der Waals surface area contributed by atoms with Gasteiger partial charge in [0.1, 0.15) is 17.7 Å². The first-order chi connectivity index (χ1) is 16.5. The van der Waals surface area contributed by atoms with Gasteiger partial charge in [-0.3, -0.25) is 4.79 Å². The number of Topliss-reactive ketones (excluding diaryl/α,β-unsaturated/α-hetero) is 1. The summed E-state index contributed by atoms with van der Waals surface area (Å²) in [6.07, 6.45) is 8.51. The zero-order chi connectivity index (χ0) is 24.3. The van der Waals surface area contributed by atoms with E-state index < -0.39 is 0 Å². The third-order valence-electron chi connectivity index (χ3n) is 6.87. The van der Waals surface area contributed by atoms with Gasteiger partial charge in [-0.15, -0.1) is 0 Å². The number of allylic oxidation sites excluding steroid dienone is 6. The highest BCUT2D eigenvalue weighted by molar-refractivity contribution is 6.27. The van der Waals surface area contributed by atoms with Crippen molar-refractivity contribution in [1.82, 2.24) is 0 Å². The lowest BCUT2D eigenvalue weighted by molar-refractivity contribution is 0.104. The summed E-state index contributed by atoms with van der Waals surface area (Å²) in [6, 6.07) is 19.6. The van der Waals surface area contributed by atoms with Crippen molar-refractivity contribution in [2.75, 3.05) is 11.4 Å². The van der Waals surface area contributed by atoms with Gasteiger partial charge in [0.05, 0.1) is 0 Å². The predicted octanol–water partition coefficient (Wildman–Crippen LogP) is 6.87. The zero-order valence-electron chi connectivity index (χ0n) is 20.1. The Morgan fingerprint density at radius 1 is 0.941 bits per heavy atom. The Labute approximate surface area is 202 Å². The summed E-state index contributed by atoms with van der Waals surface area (Å²) >= 11 is 0. The van der Waals surface area contributed by atoms with E-state index in [1.54, 1.807) is 12.1 Å². The average molecular weight is 448 g/mol. The minimum atomic E-state index is -0.232. The number of nitriles is 2. The van der Waals surface area contributed by atoms with Crippen LogP contribution < -0.4 is 4.90 Å². The third-order valence-corrected chi connectivity index (χ3v) is 6.87. The maximum absolute atomic E-state index is 13.3.